The summed E-state index contributed by atoms with van der Waals surface area (Å²) in [6, 6.07) is 0. The zero-order valence-electron chi connectivity index (χ0n) is 12.9. The van der Waals surface area contributed by atoms with Crippen LogP contribution in [0.4, 0.5) is 0 Å². The molecule has 0 atom stereocenters. The Morgan fingerprint density at radius 1 is 1.37 bits per heavy atom. The molecule has 106 valence electrons. The van der Waals surface area contributed by atoms with Crippen molar-refractivity contribution in [3.8, 4) is 0 Å². The van der Waals surface area contributed by atoms with Crippen LogP contribution in [-0.2, 0) is 6.42 Å². The van der Waals surface area contributed by atoms with E-state index < -0.39 is 0 Å². The summed E-state index contributed by atoms with van der Waals surface area (Å²) in [5.41, 5.74) is 1.13. The predicted molar refractivity (Wildman–Crippen MR) is 81.3 cm³/mol. The van der Waals surface area contributed by atoms with Crippen LogP contribution in [0.2, 0.25) is 0 Å². The molecule has 0 fully saturated rings. The summed E-state index contributed by atoms with van der Waals surface area (Å²) in [5.74, 6) is 0.815. The molecule has 0 aromatic carbocycles. The first-order chi connectivity index (χ1) is 9.01. The van der Waals surface area contributed by atoms with E-state index in [1.54, 1.807) is 4.68 Å². The van der Waals surface area contributed by atoms with Crippen LogP contribution in [0.25, 0.3) is 11.6 Å². The molecule has 4 heteroatoms. The molecule has 0 saturated heterocycles. The van der Waals surface area contributed by atoms with Gasteiger partial charge in [0.1, 0.15) is 5.82 Å². The monoisotopic (exact) mass is 263 g/mol. The summed E-state index contributed by atoms with van der Waals surface area (Å²) in [5, 5.41) is 3.48. The normalized spacial score (nSPS) is 13.7. The lowest BCUT2D eigenvalue weighted by Gasteiger charge is -2.22. The van der Waals surface area contributed by atoms with E-state index in [4.69, 9.17) is 0 Å². The zero-order valence-corrected chi connectivity index (χ0v) is 12.9. The fraction of sp³-hybridized carbons (Fsp3) is 0.600. The second-order valence-corrected chi connectivity index (χ2v) is 4.66. The SMILES string of the molecule is C/C=c1/nc(CC)n(N(C)CC)c(=O)/c1=C(/C)CC. The minimum Gasteiger partial charge on any atom is -0.312 e. The summed E-state index contributed by atoms with van der Waals surface area (Å²) in [6.07, 6.45) is 3.52. The highest BCUT2D eigenvalue weighted by atomic mass is 16.1. The molecule has 0 N–H and O–H groups in total. The Balaban J connectivity index is 3.93. The molecule has 0 amide bonds. The second kappa shape index (κ2) is 6.55. The summed E-state index contributed by atoms with van der Waals surface area (Å²) in [4.78, 5) is 17.4. The molecule has 1 heterocycles. The van der Waals surface area contributed by atoms with Gasteiger partial charge < -0.3 is 5.01 Å². The minimum absolute atomic E-state index is 0.0450. The van der Waals surface area contributed by atoms with Crippen LogP contribution in [0.3, 0.4) is 0 Å². The summed E-state index contributed by atoms with van der Waals surface area (Å²) in [7, 11) is 1.92. The van der Waals surface area contributed by atoms with Gasteiger partial charge in [0, 0.05) is 20.0 Å². The van der Waals surface area contributed by atoms with Crippen molar-refractivity contribution in [3.63, 3.8) is 0 Å². The number of rotatable bonds is 4. The smallest absolute Gasteiger partial charge is 0.280 e. The van der Waals surface area contributed by atoms with Crippen LogP contribution in [0.5, 0.6) is 0 Å². The van der Waals surface area contributed by atoms with Crippen molar-refractivity contribution in [2.75, 3.05) is 18.6 Å². The van der Waals surface area contributed by atoms with Crippen LogP contribution in [0, 0.1) is 0 Å². The highest BCUT2D eigenvalue weighted by molar-refractivity contribution is 5.41. The van der Waals surface area contributed by atoms with Gasteiger partial charge in [0.2, 0.25) is 0 Å². The maximum Gasteiger partial charge on any atom is 0.280 e. The second-order valence-electron chi connectivity index (χ2n) is 4.66. The Labute approximate surface area is 115 Å². The molecular formula is C15H25N3O. The van der Waals surface area contributed by atoms with E-state index in [2.05, 4.69) is 11.9 Å². The predicted octanol–water partition coefficient (Wildman–Crippen LogP) is 0.774. The molecule has 19 heavy (non-hydrogen) atoms. The van der Waals surface area contributed by atoms with E-state index >= 15 is 0 Å². The lowest BCUT2D eigenvalue weighted by molar-refractivity contribution is 0.588. The Morgan fingerprint density at radius 3 is 2.42 bits per heavy atom. The fourth-order valence-corrected chi connectivity index (χ4v) is 2.08. The Hall–Kier alpha value is -1.58. The summed E-state index contributed by atoms with van der Waals surface area (Å²) < 4.78 is 1.71. The molecule has 0 aliphatic heterocycles. The van der Waals surface area contributed by atoms with E-state index in [1.807, 2.05) is 45.8 Å². The first-order valence-corrected chi connectivity index (χ1v) is 7.01. The number of hydrogen-bond donors (Lipinski definition) is 0. The Morgan fingerprint density at radius 2 is 2.00 bits per heavy atom. The van der Waals surface area contributed by atoms with Gasteiger partial charge in [-0.3, -0.25) is 4.79 Å². The number of nitrogens with zero attached hydrogens (tertiary/aromatic N) is 3. The molecule has 4 nitrogen and oxygen atoms in total. The van der Waals surface area contributed by atoms with Gasteiger partial charge in [0.25, 0.3) is 5.56 Å². The quantitative estimate of drug-likeness (QED) is 0.805. The third kappa shape index (κ3) is 2.88. The Kier molecular flexibility index (Phi) is 5.33. The molecule has 0 aliphatic rings. The van der Waals surface area contributed by atoms with Crippen molar-refractivity contribution in [3.05, 3.63) is 26.7 Å². The van der Waals surface area contributed by atoms with Crippen molar-refractivity contribution >= 4 is 11.6 Å². The molecule has 0 bridgehead atoms. The third-order valence-corrected chi connectivity index (χ3v) is 3.50. The molecule has 0 radical (unpaired) electrons. The molecule has 0 spiro atoms. The average Bonchev–Trinajstić information content (AvgIpc) is 2.44. The number of aromatic nitrogens is 2. The highest BCUT2D eigenvalue weighted by Crippen LogP contribution is 1.95. The van der Waals surface area contributed by atoms with Gasteiger partial charge in [0.05, 0.1) is 10.6 Å². The summed E-state index contributed by atoms with van der Waals surface area (Å²) in [6.45, 7) is 10.8. The average molecular weight is 263 g/mol. The first kappa shape index (κ1) is 15.5. The van der Waals surface area contributed by atoms with E-state index in [-0.39, 0.29) is 5.56 Å². The van der Waals surface area contributed by atoms with Gasteiger partial charge in [-0.1, -0.05) is 25.5 Å². The Bertz CT molecular complexity index is 614. The summed E-state index contributed by atoms with van der Waals surface area (Å²) >= 11 is 0. The molecule has 0 unspecified atom stereocenters. The van der Waals surface area contributed by atoms with Crippen molar-refractivity contribution in [2.45, 2.75) is 47.5 Å². The van der Waals surface area contributed by atoms with E-state index in [0.29, 0.717) is 0 Å². The van der Waals surface area contributed by atoms with Crippen LogP contribution < -0.4 is 21.1 Å². The minimum atomic E-state index is 0.0450. The van der Waals surface area contributed by atoms with Gasteiger partial charge in [0.15, 0.2) is 0 Å². The molecule has 1 aromatic rings. The molecular weight excluding hydrogens is 238 g/mol. The molecule has 1 rings (SSSR count). The zero-order chi connectivity index (χ0) is 14.6. The lowest BCUT2D eigenvalue weighted by atomic mass is 10.1. The number of aryl methyl sites for hydroxylation is 1. The largest absolute Gasteiger partial charge is 0.312 e. The topological polar surface area (TPSA) is 38.1 Å². The van der Waals surface area contributed by atoms with Crippen molar-refractivity contribution < 1.29 is 0 Å². The van der Waals surface area contributed by atoms with Crippen molar-refractivity contribution in [1.29, 1.82) is 0 Å². The number of hydrogen-bond acceptors (Lipinski definition) is 3. The lowest BCUT2D eigenvalue weighted by Crippen LogP contribution is -2.54. The molecule has 1 aromatic heterocycles. The maximum absolute atomic E-state index is 12.8. The van der Waals surface area contributed by atoms with Crippen molar-refractivity contribution in [1.82, 2.24) is 9.66 Å². The standard InChI is InChI=1S/C15H25N3O/c1-7-11(5)14-12(8-2)16-13(9-3)18(15(14)19)17(6)10-4/h8H,7,9-10H2,1-6H3/b12-8+,14-11-. The van der Waals surface area contributed by atoms with Crippen LogP contribution >= 0.6 is 0 Å². The van der Waals surface area contributed by atoms with Gasteiger partial charge in [-0.25, -0.2) is 9.66 Å². The van der Waals surface area contributed by atoms with Gasteiger partial charge in [-0.2, -0.15) is 0 Å². The molecule has 0 aliphatic carbocycles. The maximum atomic E-state index is 12.8. The first-order valence-electron chi connectivity index (χ1n) is 7.01. The van der Waals surface area contributed by atoms with Gasteiger partial charge in [-0.05, 0) is 27.2 Å². The van der Waals surface area contributed by atoms with Gasteiger partial charge in [-0.15, -0.1) is 0 Å². The van der Waals surface area contributed by atoms with E-state index in [9.17, 15) is 4.79 Å². The van der Waals surface area contributed by atoms with Gasteiger partial charge >= 0.3 is 0 Å². The third-order valence-electron chi connectivity index (χ3n) is 3.50. The fourth-order valence-electron chi connectivity index (χ4n) is 2.08. The van der Waals surface area contributed by atoms with Crippen molar-refractivity contribution in [2.24, 2.45) is 0 Å². The van der Waals surface area contributed by atoms with E-state index in [0.717, 1.165) is 41.4 Å². The van der Waals surface area contributed by atoms with Crippen LogP contribution in [-0.4, -0.2) is 23.3 Å². The molecule has 0 saturated carbocycles. The van der Waals surface area contributed by atoms with Crippen LogP contribution in [0.15, 0.2) is 4.79 Å². The van der Waals surface area contributed by atoms with Crippen LogP contribution in [0.1, 0.15) is 46.9 Å². The highest BCUT2D eigenvalue weighted by Gasteiger charge is 2.11. The van der Waals surface area contributed by atoms with E-state index in [1.165, 1.54) is 0 Å².